The van der Waals surface area contributed by atoms with E-state index in [0.717, 1.165) is 25.0 Å². The molecule has 1 aromatic rings. The minimum atomic E-state index is -4.62. The highest BCUT2D eigenvalue weighted by atomic mass is 35.5. The Morgan fingerprint density at radius 3 is 2.39 bits per heavy atom. The predicted octanol–water partition coefficient (Wildman–Crippen LogP) is 3.68. The first kappa shape index (κ1) is 20.9. The van der Waals surface area contributed by atoms with E-state index in [4.69, 9.17) is 11.6 Å². The number of hydrogen-bond acceptors (Lipinski definition) is 3. The maximum atomic E-state index is 13.2. The number of nitrogens with one attached hydrogen (secondary N) is 2. The van der Waals surface area contributed by atoms with Crippen LogP contribution < -0.4 is 10.6 Å². The molecule has 2 N–H and O–H groups in total. The monoisotopic (exact) mass is 417 g/mol. The molecule has 5 nitrogen and oxygen atoms in total. The quantitative estimate of drug-likeness (QED) is 0.768. The van der Waals surface area contributed by atoms with Crippen LogP contribution in [0.15, 0.2) is 18.2 Å². The van der Waals surface area contributed by atoms with Gasteiger partial charge in [0, 0.05) is 17.0 Å². The van der Waals surface area contributed by atoms with Gasteiger partial charge in [-0.1, -0.05) is 11.6 Å². The molecular formula is C19H23ClF3N3O2. The third-order valence-corrected chi connectivity index (χ3v) is 5.53. The van der Waals surface area contributed by atoms with Crippen LogP contribution in [0, 0.1) is 5.92 Å². The van der Waals surface area contributed by atoms with Crippen molar-refractivity contribution in [2.45, 2.75) is 50.9 Å². The van der Waals surface area contributed by atoms with Crippen LogP contribution in [0.2, 0.25) is 5.02 Å². The van der Waals surface area contributed by atoms with Gasteiger partial charge in [-0.2, -0.15) is 13.2 Å². The van der Waals surface area contributed by atoms with Crippen LogP contribution in [0.4, 0.5) is 18.9 Å². The van der Waals surface area contributed by atoms with Gasteiger partial charge < -0.3 is 10.6 Å². The van der Waals surface area contributed by atoms with Crippen LogP contribution >= 0.6 is 11.6 Å². The third kappa shape index (κ3) is 5.17. The summed E-state index contributed by atoms with van der Waals surface area (Å²) in [6.07, 6.45) is -1.29. The molecule has 1 atom stereocenters. The fraction of sp³-hybridized carbons (Fsp3) is 0.579. The van der Waals surface area contributed by atoms with E-state index in [9.17, 15) is 22.8 Å². The van der Waals surface area contributed by atoms with Crippen molar-refractivity contribution in [2.24, 2.45) is 5.92 Å². The van der Waals surface area contributed by atoms with Crippen molar-refractivity contribution in [3.8, 4) is 0 Å². The number of carbonyl (C=O) groups is 2. The average Bonchev–Trinajstić information content (AvgIpc) is 3.45. The van der Waals surface area contributed by atoms with Crippen LogP contribution in [-0.4, -0.2) is 41.9 Å². The number of piperidine rings is 1. The molecule has 0 radical (unpaired) electrons. The van der Waals surface area contributed by atoms with Gasteiger partial charge in [0.1, 0.15) is 0 Å². The molecule has 0 spiro atoms. The van der Waals surface area contributed by atoms with Gasteiger partial charge in [0.15, 0.2) is 0 Å². The van der Waals surface area contributed by atoms with Gasteiger partial charge in [0.2, 0.25) is 11.8 Å². The molecule has 1 heterocycles. The van der Waals surface area contributed by atoms with Crippen LogP contribution in [0.1, 0.15) is 38.2 Å². The smallest absolute Gasteiger partial charge is 0.353 e. The number of hydrogen-bond donors (Lipinski definition) is 2. The van der Waals surface area contributed by atoms with E-state index in [0.29, 0.717) is 32.0 Å². The number of anilines is 1. The van der Waals surface area contributed by atoms with E-state index in [-0.39, 0.29) is 22.5 Å². The first-order chi connectivity index (χ1) is 13.1. The van der Waals surface area contributed by atoms with Gasteiger partial charge in [-0.3, -0.25) is 14.5 Å². The number of carbonyl (C=O) groups excluding carboxylic acids is 2. The van der Waals surface area contributed by atoms with E-state index >= 15 is 0 Å². The highest BCUT2D eigenvalue weighted by Crippen LogP contribution is 2.36. The normalized spacial score (nSPS) is 19.9. The Morgan fingerprint density at radius 1 is 1.18 bits per heavy atom. The first-order valence-corrected chi connectivity index (χ1v) is 9.75. The van der Waals surface area contributed by atoms with E-state index in [1.807, 2.05) is 4.90 Å². The van der Waals surface area contributed by atoms with Crippen molar-refractivity contribution in [3.63, 3.8) is 0 Å². The molecule has 1 saturated heterocycles. The number of alkyl halides is 3. The zero-order valence-electron chi connectivity index (χ0n) is 15.5. The molecule has 154 valence electrons. The number of amides is 2. The standard InChI is InChI=1S/C19H23ClF3N3O2/c1-11(26-8-6-12(7-9-26)18(28)24-14-3-4-14)17(27)25-16-5-2-13(20)10-15(16)19(21,22)23/h2,5,10-12,14H,3-4,6-9H2,1H3,(H,24,28)(H,25,27). The summed E-state index contributed by atoms with van der Waals surface area (Å²) in [5, 5.41) is 5.31. The molecular weight excluding hydrogens is 395 g/mol. The zero-order valence-corrected chi connectivity index (χ0v) is 16.2. The molecule has 2 amide bonds. The third-order valence-electron chi connectivity index (χ3n) is 5.30. The Bertz CT molecular complexity index is 744. The maximum absolute atomic E-state index is 13.2. The molecule has 1 aliphatic heterocycles. The number of nitrogens with zero attached hydrogens (tertiary/aromatic N) is 1. The Hall–Kier alpha value is -1.80. The predicted molar refractivity (Wildman–Crippen MR) is 100 cm³/mol. The lowest BCUT2D eigenvalue weighted by atomic mass is 9.95. The molecule has 28 heavy (non-hydrogen) atoms. The number of benzene rings is 1. The SMILES string of the molecule is CC(C(=O)Nc1ccc(Cl)cc1C(F)(F)F)N1CCC(C(=O)NC2CC2)CC1. The second-order valence-electron chi connectivity index (χ2n) is 7.45. The summed E-state index contributed by atoms with van der Waals surface area (Å²) in [6, 6.07) is 2.97. The van der Waals surface area contributed by atoms with Gasteiger partial charge in [0.25, 0.3) is 0 Å². The molecule has 1 saturated carbocycles. The summed E-state index contributed by atoms with van der Waals surface area (Å²) >= 11 is 5.66. The van der Waals surface area contributed by atoms with Crippen molar-refractivity contribution < 1.29 is 22.8 Å². The van der Waals surface area contributed by atoms with Crippen LogP contribution in [0.3, 0.4) is 0 Å². The van der Waals surface area contributed by atoms with Crippen molar-refractivity contribution >= 4 is 29.1 Å². The summed E-state index contributed by atoms with van der Waals surface area (Å²) in [5.41, 5.74) is -1.29. The van der Waals surface area contributed by atoms with Gasteiger partial charge >= 0.3 is 6.18 Å². The summed E-state index contributed by atoms with van der Waals surface area (Å²) in [7, 11) is 0. The fourth-order valence-electron chi connectivity index (χ4n) is 3.36. The second-order valence-corrected chi connectivity index (χ2v) is 7.88. The topological polar surface area (TPSA) is 61.4 Å². The molecule has 9 heteroatoms. The lowest BCUT2D eigenvalue weighted by Gasteiger charge is -2.34. The van der Waals surface area contributed by atoms with Crippen molar-refractivity contribution in [1.82, 2.24) is 10.2 Å². The lowest BCUT2D eigenvalue weighted by Crippen LogP contribution is -2.48. The van der Waals surface area contributed by atoms with Crippen molar-refractivity contribution in [3.05, 3.63) is 28.8 Å². The molecule has 2 aliphatic rings. The van der Waals surface area contributed by atoms with Gasteiger partial charge in [-0.25, -0.2) is 0 Å². The molecule has 2 fully saturated rings. The molecule has 1 aromatic carbocycles. The van der Waals surface area contributed by atoms with Gasteiger partial charge in [-0.05, 0) is 63.9 Å². The van der Waals surface area contributed by atoms with E-state index in [1.165, 1.54) is 6.07 Å². The van der Waals surface area contributed by atoms with Crippen LogP contribution in [-0.2, 0) is 15.8 Å². The van der Waals surface area contributed by atoms with Crippen LogP contribution in [0.25, 0.3) is 0 Å². The van der Waals surface area contributed by atoms with E-state index < -0.39 is 23.7 Å². The Morgan fingerprint density at radius 2 is 1.82 bits per heavy atom. The largest absolute Gasteiger partial charge is 0.418 e. The minimum absolute atomic E-state index is 0.0510. The second kappa shape index (κ2) is 8.29. The Balaban J connectivity index is 1.57. The van der Waals surface area contributed by atoms with Crippen LogP contribution in [0.5, 0.6) is 0 Å². The molecule has 1 unspecified atom stereocenters. The average molecular weight is 418 g/mol. The highest BCUT2D eigenvalue weighted by Gasteiger charge is 2.36. The summed E-state index contributed by atoms with van der Waals surface area (Å²) in [4.78, 5) is 26.5. The number of rotatable bonds is 5. The molecule has 0 aromatic heterocycles. The highest BCUT2D eigenvalue weighted by molar-refractivity contribution is 6.30. The first-order valence-electron chi connectivity index (χ1n) is 9.37. The number of halogens is 4. The minimum Gasteiger partial charge on any atom is -0.353 e. The van der Waals surface area contributed by atoms with E-state index in [2.05, 4.69) is 10.6 Å². The number of likely N-dealkylation sites (tertiary alicyclic amines) is 1. The van der Waals surface area contributed by atoms with Gasteiger partial charge in [0.05, 0.1) is 17.3 Å². The van der Waals surface area contributed by atoms with E-state index in [1.54, 1.807) is 6.92 Å². The summed E-state index contributed by atoms with van der Waals surface area (Å²) in [5.74, 6) is -0.524. The summed E-state index contributed by atoms with van der Waals surface area (Å²) < 4.78 is 39.6. The van der Waals surface area contributed by atoms with Crippen molar-refractivity contribution in [2.75, 3.05) is 18.4 Å². The lowest BCUT2D eigenvalue weighted by molar-refractivity contribution is -0.137. The Labute approximate surface area is 166 Å². The summed E-state index contributed by atoms with van der Waals surface area (Å²) in [6.45, 7) is 2.75. The van der Waals surface area contributed by atoms with Gasteiger partial charge in [-0.15, -0.1) is 0 Å². The molecule has 0 bridgehead atoms. The molecule has 1 aliphatic carbocycles. The zero-order chi connectivity index (χ0) is 20.5. The maximum Gasteiger partial charge on any atom is 0.418 e. The fourth-order valence-corrected chi connectivity index (χ4v) is 3.53. The Kier molecular flexibility index (Phi) is 6.19. The molecule has 3 rings (SSSR count). The van der Waals surface area contributed by atoms with Crippen molar-refractivity contribution in [1.29, 1.82) is 0 Å².